The topological polar surface area (TPSA) is 165 Å². The lowest BCUT2D eigenvalue weighted by Gasteiger charge is -2.11. The Kier molecular flexibility index (Phi) is 7.36. The molecule has 0 spiro atoms. The first kappa shape index (κ1) is 22.7. The Morgan fingerprint density at radius 2 is 2.03 bits per heavy atom. The van der Waals surface area contributed by atoms with Crippen molar-refractivity contribution in [2.45, 2.75) is 11.4 Å². The van der Waals surface area contributed by atoms with Crippen LogP contribution in [0.4, 0.5) is 20.5 Å². The summed E-state index contributed by atoms with van der Waals surface area (Å²) in [4.78, 5) is 22.0. The number of allylic oxidation sites excluding steroid dienone is 1. The van der Waals surface area contributed by atoms with Crippen molar-refractivity contribution in [3.63, 3.8) is 0 Å². The van der Waals surface area contributed by atoms with Crippen molar-refractivity contribution >= 4 is 33.7 Å². The summed E-state index contributed by atoms with van der Waals surface area (Å²) in [5.74, 6) is -2.45. The monoisotopic (exact) mass is 439 g/mol. The van der Waals surface area contributed by atoms with E-state index in [1.807, 2.05) is 0 Å². The van der Waals surface area contributed by atoms with Crippen LogP contribution in [0.2, 0.25) is 0 Å². The Hall–Kier alpha value is -3.61. The van der Waals surface area contributed by atoms with Gasteiger partial charge in [0.25, 0.3) is 0 Å². The molecule has 0 unspecified atom stereocenters. The number of nitrogens with two attached hydrogens (primary N) is 2. The van der Waals surface area contributed by atoms with Crippen LogP contribution in [0.1, 0.15) is 5.56 Å². The maximum absolute atomic E-state index is 14.0. The van der Waals surface area contributed by atoms with E-state index < -0.39 is 27.4 Å². The number of amides is 1. The molecule has 2 rings (SSSR count). The van der Waals surface area contributed by atoms with E-state index in [0.29, 0.717) is 0 Å². The number of aromatic nitrogens is 2. The smallest absolute Gasteiger partial charge is 0.239 e. The molecule has 0 atom stereocenters. The molecule has 1 amide bonds. The molecule has 0 fully saturated rings. The second-order valence-electron chi connectivity index (χ2n) is 5.95. The Labute approximate surface area is 171 Å². The number of rotatable bonds is 9. The number of benzene rings is 1. The summed E-state index contributed by atoms with van der Waals surface area (Å²) in [5, 5.41) is 5.25. The Bertz CT molecular complexity index is 1100. The van der Waals surface area contributed by atoms with E-state index in [1.54, 1.807) is 0 Å². The second kappa shape index (κ2) is 9.73. The fourth-order valence-electron chi connectivity index (χ4n) is 2.13. The van der Waals surface area contributed by atoms with Gasteiger partial charge in [-0.3, -0.25) is 9.79 Å². The predicted molar refractivity (Wildman–Crippen MR) is 107 cm³/mol. The minimum Gasteiger partial charge on any atom is -0.403 e. The Morgan fingerprint density at radius 1 is 1.30 bits per heavy atom. The second-order valence-corrected chi connectivity index (χ2v) is 7.97. The molecular weight excluding hydrogens is 420 g/mol. The fourth-order valence-corrected chi connectivity index (χ4v) is 2.80. The van der Waals surface area contributed by atoms with Crippen LogP contribution in [0, 0.1) is 11.6 Å². The van der Waals surface area contributed by atoms with Crippen molar-refractivity contribution < 1.29 is 22.0 Å². The number of sulfone groups is 1. The van der Waals surface area contributed by atoms with Crippen molar-refractivity contribution in [2.24, 2.45) is 16.5 Å². The summed E-state index contributed by atoms with van der Waals surface area (Å²) in [5.41, 5.74) is 10.6. The SMILES string of the molecule is CS(=O)(=O)c1ccc(F)c(CNc2nc(NC(C=NCC(N)=O)=CN)ncc2F)c1. The van der Waals surface area contributed by atoms with Crippen LogP contribution in [0.3, 0.4) is 0 Å². The molecule has 1 aromatic carbocycles. The molecule has 1 aromatic heterocycles. The average molecular weight is 439 g/mol. The van der Waals surface area contributed by atoms with E-state index in [9.17, 15) is 22.0 Å². The maximum atomic E-state index is 14.0. The molecule has 0 radical (unpaired) electrons. The van der Waals surface area contributed by atoms with E-state index in [4.69, 9.17) is 11.5 Å². The van der Waals surface area contributed by atoms with Crippen LogP contribution in [-0.4, -0.2) is 43.3 Å². The number of anilines is 2. The van der Waals surface area contributed by atoms with E-state index in [2.05, 4.69) is 25.6 Å². The van der Waals surface area contributed by atoms with E-state index in [0.717, 1.165) is 36.9 Å². The lowest BCUT2D eigenvalue weighted by atomic mass is 10.2. The van der Waals surface area contributed by atoms with Crippen molar-refractivity contribution in [1.29, 1.82) is 0 Å². The highest BCUT2D eigenvalue weighted by atomic mass is 32.2. The molecule has 0 saturated carbocycles. The summed E-state index contributed by atoms with van der Waals surface area (Å²) < 4.78 is 51.3. The van der Waals surface area contributed by atoms with Gasteiger partial charge in [-0.1, -0.05) is 0 Å². The zero-order valence-corrected chi connectivity index (χ0v) is 16.6. The molecule has 6 N–H and O–H groups in total. The third-order valence-electron chi connectivity index (χ3n) is 3.55. The van der Waals surface area contributed by atoms with Crippen molar-refractivity contribution in [3.8, 4) is 0 Å². The van der Waals surface area contributed by atoms with Gasteiger partial charge in [-0.05, 0) is 18.2 Å². The van der Waals surface area contributed by atoms with Crippen LogP contribution in [0.15, 0.2) is 46.2 Å². The largest absolute Gasteiger partial charge is 0.403 e. The number of nitrogens with zero attached hydrogens (tertiary/aromatic N) is 3. The van der Waals surface area contributed by atoms with Gasteiger partial charge in [0.2, 0.25) is 11.9 Å². The van der Waals surface area contributed by atoms with Gasteiger partial charge in [0.1, 0.15) is 12.4 Å². The van der Waals surface area contributed by atoms with Gasteiger partial charge in [0, 0.05) is 30.8 Å². The first-order valence-electron chi connectivity index (χ1n) is 8.32. The minimum absolute atomic E-state index is 0.00609. The highest BCUT2D eigenvalue weighted by Crippen LogP contribution is 2.18. The number of carbonyl (C=O) groups excluding carboxylic acids is 1. The Balaban J connectivity index is 2.16. The molecule has 0 aliphatic heterocycles. The molecule has 160 valence electrons. The van der Waals surface area contributed by atoms with Crippen molar-refractivity contribution in [2.75, 3.05) is 23.4 Å². The van der Waals surface area contributed by atoms with Gasteiger partial charge >= 0.3 is 0 Å². The molecule has 30 heavy (non-hydrogen) atoms. The quantitative estimate of drug-likeness (QED) is 0.324. The highest BCUT2D eigenvalue weighted by Gasteiger charge is 2.13. The maximum Gasteiger partial charge on any atom is 0.239 e. The predicted octanol–water partition coefficient (Wildman–Crippen LogP) is 0.539. The minimum atomic E-state index is -3.53. The first-order chi connectivity index (χ1) is 14.1. The fraction of sp³-hybridized carbons (Fsp3) is 0.176. The number of aliphatic imine (C=N–C) groups is 1. The third kappa shape index (κ3) is 6.48. The lowest BCUT2D eigenvalue weighted by molar-refractivity contribution is -0.116. The molecule has 0 bridgehead atoms. The number of hydrogen-bond acceptors (Lipinski definition) is 9. The van der Waals surface area contributed by atoms with Crippen LogP contribution < -0.4 is 22.1 Å². The van der Waals surface area contributed by atoms with Gasteiger partial charge in [-0.2, -0.15) is 4.98 Å². The number of hydrogen-bond donors (Lipinski definition) is 4. The number of halogens is 2. The van der Waals surface area contributed by atoms with E-state index >= 15 is 0 Å². The zero-order chi connectivity index (χ0) is 22.3. The molecule has 13 heteroatoms. The average Bonchev–Trinajstić information content (AvgIpc) is 2.67. The van der Waals surface area contributed by atoms with Gasteiger partial charge in [-0.15, -0.1) is 0 Å². The van der Waals surface area contributed by atoms with Gasteiger partial charge in [-0.25, -0.2) is 22.2 Å². The molecule has 2 aromatic rings. The van der Waals surface area contributed by atoms with Crippen LogP contribution in [-0.2, 0) is 21.2 Å². The van der Waals surface area contributed by atoms with Gasteiger partial charge in [0.05, 0.1) is 16.8 Å². The van der Waals surface area contributed by atoms with E-state index in [-0.39, 0.29) is 41.0 Å². The molecule has 10 nitrogen and oxygen atoms in total. The number of carbonyl (C=O) groups is 1. The summed E-state index contributed by atoms with van der Waals surface area (Å²) >= 11 is 0. The van der Waals surface area contributed by atoms with E-state index in [1.165, 1.54) is 6.21 Å². The number of nitrogens with one attached hydrogen (secondary N) is 2. The summed E-state index contributed by atoms with van der Waals surface area (Å²) in [6.07, 6.45) is 4.21. The first-order valence-corrected chi connectivity index (χ1v) is 10.2. The zero-order valence-electron chi connectivity index (χ0n) is 15.8. The molecule has 0 aliphatic rings. The lowest BCUT2D eigenvalue weighted by Crippen LogP contribution is -2.15. The Morgan fingerprint density at radius 3 is 2.67 bits per heavy atom. The van der Waals surface area contributed by atoms with Crippen LogP contribution >= 0.6 is 0 Å². The molecule has 0 aliphatic carbocycles. The molecule has 1 heterocycles. The molecule has 0 saturated heterocycles. The third-order valence-corrected chi connectivity index (χ3v) is 4.66. The van der Waals surface area contributed by atoms with Crippen molar-refractivity contribution in [1.82, 2.24) is 9.97 Å². The number of primary amides is 1. The summed E-state index contributed by atoms with van der Waals surface area (Å²) in [6, 6.07) is 3.31. The van der Waals surface area contributed by atoms with Crippen molar-refractivity contribution in [3.05, 3.63) is 53.5 Å². The normalized spacial score (nSPS) is 12.2. The summed E-state index contributed by atoms with van der Waals surface area (Å²) in [7, 11) is -3.53. The van der Waals surface area contributed by atoms with Gasteiger partial charge < -0.3 is 22.1 Å². The van der Waals surface area contributed by atoms with Crippen LogP contribution in [0.25, 0.3) is 0 Å². The van der Waals surface area contributed by atoms with Crippen LogP contribution in [0.5, 0.6) is 0 Å². The molecular formula is C17H19F2N7O3S. The van der Waals surface area contributed by atoms with Gasteiger partial charge in [0.15, 0.2) is 21.5 Å². The highest BCUT2D eigenvalue weighted by molar-refractivity contribution is 7.90. The standard InChI is InChI=1S/C17H19F2N7O3S/c1-30(28,29)12-2-3-13(18)10(4-12)6-23-16-14(19)8-24-17(26-16)25-11(5-20)7-22-9-15(21)27/h2-5,7-8H,6,9,20H2,1H3,(H2,21,27)(H2,23,24,25,26). The summed E-state index contributed by atoms with van der Waals surface area (Å²) in [6.45, 7) is -0.490.